The number of piperidine rings is 1. The van der Waals surface area contributed by atoms with E-state index in [-0.39, 0.29) is 6.03 Å². The van der Waals surface area contributed by atoms with Crippen LogP contribution in [-0.2, 0) is 6.42 Å². The second-order valence-electron chi connectivity index (χ2n) is 5.64. The molecule has 3 nitrogen and oxygen atoms in total. The molecular weight excluding hydrogens is 272 g/mol. The number of carbonyl (C=O) groups is 1. The molecule has 1 aromatic rings. The number of nitrogens with one attached hydrogen (secondary N) is 1. The van der Waals surface area contributed by atoms with Crippen LogP contribution in [0.4, 0.5) is 4.79 Å². The monoisotopic (exact) mass is 294 g/mol. The predicted molar refractivity (Wildman–Crippen MR) is 83.2 cm³/mol. The summed E-state index contributed by atoms with van der Waals surface area (Å²) in [6.45, 7) is 4.93. The van der Waals surface area contributed by atoms with E-state index in [0.717, 1.165) is 24.3 Å². The van der Waals surface area contributed by atoms with Crippen molar-refractivity contribution < 1.29 is 4.79 Å². The Morgan fingerprint density at radius 3 is 2.45 bits per heavy atom. The summed E-state index contributed by atoms with van der Waals surface area (Å²) in [5.74, 6) is 0. The van der Waals surface area contributed by atoms with Crippen molar-refractivity contribution in [2.75, 3.05) is 6.54 Å². The topological polar surface area (TPSA) is 32.3 Å². The Labute approximate surface area is 126 Å². The van der Waals surface area contributed by atoms with Gasteiger partial charge in [-0.05, 0) is 57.2 Å². The molecule has 0 bridgehead atoms. The van der Waals surface area contributed by atoms with E-state index in [1.807, 2.05) is 29.2 Å². The van der Waals surface area contributed by atoms with E-state index in [1.54, 1.807) is 0 Å². The molecule has 1 aliphatic heterocycles. The van der Waals surface area contributed by atoms with Gasteiger partial charge in [0.2, 0.25) is 0 Å². The smallest absolute Gasteiger partial charge is 0.317 e. The quantitative estimate of drug-likeness (QED) is 0.902. The van der Waals surface area contributed by atoms with Gasteiger partial charge >= 0.3 is 6.03 Å². The number of likely N-dealkylation sites (tertiary alicyclic amines) is 1. The van der Waals surface area contributed by atoms with Gasteiger partial charge in [-0.1, -0.05) is 23.7 Å². The van der Waals surface area contributed by atoms with Crippen molar-refractivity contribution >= 4 is 17.6 Å². The number of nitrogens with zero attached hydrogens (tertiary/aromatic N) is 1. The van der Waals surface area contributed by atoms with Gasteiger partial charge in [0, 0.05) is 23.7 Å². The van der Waals surface area contributed by atoms with Gasteiger partial charge in [-0.25, -0.2) is 4.79 Å². The summed E-state index contributed by atoms with van der Waals surface area (Å²) in [5.41, 5.74) is 1.19. The first-order chi connectivity index (χ1) is 9.58. The number of hydrogen-bond acceptors (Lipinski definition) is 1. The molecule has 20 heavy (non-hydrogen) atoms. The summed E-state index contributed by atoms with van der Waals surface area (Å²) in [4.78, 5) is 14.2. The van der Waals surface area contributed by atoms with Crippen molar-refractivity contribution in [3.8, 4) is 0 Å². The van der Waals surface area contributed by atoms with Crippen LogP contribution in [0.5, 0.6) is 0 Å². The van der Waals surface area contributed by atoms with E-state index in [1.165, 1.54) is 12.0 Å². The summed E-state index contributed by atoms with van der Waals surface area (Å²) in [6.07, 6.45) is 4.26. The minimum atomic E-state index is 0.0682. The van der Waals surface area contributed by atoms with Gasteiger partial charge in [-0.2, -0.15) is 0 Å². The zero-order valence-corrected chi connectivity index (χ0v) is 13.0. The van der Waals surface area contributed by atoms with Crippen LogP contribution in [0.3, 0.4) is 0 Å². The maximum Gasteiger partial charge on any atom is 0.317 e. The molecule has 2 amide bonds. The second-order valence-corrected chi connectivity index (χ2v) is 6.08. The van der Waals surface area contributed by atoms with Crippen LogP contribution in [0, 0.1) is 0 Å². The van der Waals surface area contributed by atoms with Crippen molar-refractivity contribution in [3.05, 3.63) is 34.9 Å². The molecular formula is C16H23ClN2O. The Kier molecular flexibility index (Phi) is 5.30. The number of urea groups is 1. The van der Waals surface area contributed by atoms with Crippen molar-refractivity contribution in [1.29, 1.82) is 0 Å². The summed E-state index contributed by atoms with van der Waals surface area (Å²) in [6, 6.07) is 8.52. The van der Waals surface area contributed by atoms with Crippen molar-refractivity contribution in [2.45, 2.75) is 51.6 Å². The highest BCUT2D eigenvalue weighted by molar-refractivity contribution is 6.30. The molecule has 1 aromatic carbocycles. The lowest BCUT2D eigenvalue weighted by atomic mass is 9.98. The second kappa shape index (κ2) is 6.98. The standard InChI is InChI=1S/C16H23ClN2O/c1-12-4-3-5-13(2)19(12)16(20)18-11-10-14-6-8-15(17)9-7-14/h6-9,12-13H,3-5,10-11H2,1-2H3,(H,18,20). The Morgan fingerprint density at radius 2 is 1.85 bits per heavy atom. The fraction of sp³-hybridized carbons (Fsp3) is 0.562. The van der Waals surface area contributed by atoms with E-state index in [2.05, 4.69) is 19.2 Å². The van der Waals surface area contributed by atoms with Gasteiger partial charge in [-0.15, -0.1) is 0 Å². The van der Waals surface area contributed by atoms with Gasteiger partial charge in [-0.3, -0.25) is 0 Å². The van der Waals surface area contributed by atoms with Gasteiger partial charge in [0.05, 0.1) is 0 Å². The summed E-state index contributed by atoms with van der Waals surface area (Å²) in [7, 11) is 0. The first-order valence-corrected chi connectivity index (χ1v) is 7.76. The van der Waals surface area contributed by atoms with Crippen LogP contribution in [0.25, 0.3) is 0 Å². The van der Waals surface area contributed by atoms with Crippen LogP contribution >= 0.6 is 11.6 Å². The average molecular weight is 295 g/mol. The minimum absolute atomic E-state index is 0.0682. The lowest BCUT2D eigenvalue weighted by Gasteiger charge is -2.38. The maximum absolute atomic E-state index is 12.3. The largest absolute Gasteiger partial charge is 0.338 e. The fourth-order valence-electron chi connectivity index (χ4n) is 2.88. The summed E-state index contributed by atoms with van der Waals surface area (Å²) in [5, 5.41) is 3.77. The fourth-order valence-corrected chi connectivity index (χ4v) is 3.00. The molecule has 110 valence electrons. The Balaban J connectivity index is 1.81. The van der Waals surface area contributed by atoms with Crippen LogP contribution < -0.4 is 5.32 Å². The van der Waals surface area contributed by atoms with Gasteiger partial charge < -0.3 is 10.2 Å². The van der Waals surface area contributed by atoms with Gasteiger partial charge in [0.15, 0.2) is 0 Å². The van der Waals surface area contributed by atoms with Crippen LogP contribution in [0.2, 0.25) is 5.02 Å². The van der Waals surface area contributed by atoms with Crippen LogP contribution in [-0.4, -0.2) is 29.6 Å². The van der Waals surface area contributed by atoms with Crippen molar-refractivity contribution in [2.24, 2.45) is 0 Å². The molecule has 1 N–H and O–H groups in total. The third-order valence-electron chi connectivity index (χ3n) is 4.03. The average Bonchev–Trinajstić information content (AvgIpc) is 2.41. The molecule has 2 unspecified atom stereocenters. The first-order valence-electron chi connectivity index (χ1n) is 7.38. The molecule has 0 radical (unpaired) electrons. The Hall–Kier alpha value is -1.22. The van der Waals surface area contributed by atoms with E-state index >= 15 is 0 Å². The third kappa shape index (κ3) is 3.89. The molecule has 0 aromatic heterocycles. The molecule has 0 saturated carbocycles. The van der Waals surface area contributed by atoms with Crippen LogP contribution in [0.15, 0.2) is 24.3 Å². The zero-order chi connectivity index (χ0) is 14.5. The predicted octanol–water partition coefficient (Wildman–Crippen LogP) is 3.86. The molecule has 2 atom stereocenters. The van der Waals surface area contributed by atoms with Crippen molar-refractivity contribution in [1.82, 2.24) is 10.2 Å². The lowest BCUT2D eigenvalue weighted by Crippen LogP contribution is -2.52. The summed E-state index contributed by atoms with van der Waals surface area (Å²) >= 11 is 5.85. The number of amides is 2. The highest BCUT2D eigenvalue weighted by Gasteiger charge is 2.28. The zero-order valence-electron chi connectivity index (χ0n) is 12.2. The molecule has 1 fully saturated rings. The molecule has 0 aliphatic carbocycles. The lowest BCUT2D eigenvalue weighted by molar-refractivity contribution is 0.123. The van der Waals surface area contributed by atoms with Gasteiger partial charge in [0.1, 0.15) is 0 Å². The normalized spacial score (nSPS) is 22.6. The molecule has 4 heteroatoms. The molecule has 0 spiro atoms. The van der Waals surface area contributed by atoms with E-state index < -0.39 is 0 Å². The molecule has 2 rings (SSSR count). The third-order valence-corrected chi connectivity index (χ3v) is 4.28. The minimum Gasteiger partial charge on any atom is -0.338 e. The Morgan fingerprint density at radius 1 is 1.25 bits per heavy atom. The van der Waals surface area contributed by atoms with E-state index in [0.29, 0.717) is 18.6 Å². The van der Waals surface area contributed by atoms with Crippen molar-refractivity contribution in [3.63, 3.8) is 0 Å². The Bertz CT molecular complexity index is 436. The molecule has 1 aliphatic rings. The summed E-state index contributed by atoms with van der Waals surface area (Å²) < 4.78 is 0. The highest BCUT2D eigenvalue weighted by Crippen LogP contribution is 2.22. The van der Waals surface area contributed by atoms with Crippen LogP contribution in [0.1, 0.15) is 38.7 Å². The van der Waals surface area contributed by atoms with Gasteiger partial charge in [0.25, 0.3) is 0 Å². The van der Waals surface area contributed by atoms with E-state index in [4.69, 9.17) is 11.6 Å². The first kappa shape index (κ1) is 15.2. The molecule has 1 heterocycles. The highest BCUT2D eigenvalue weighted by atomic mass is 35.5. The molecule has 1 saturated heterocycles. The van der Waals surface area contributed by atoms with E-state index in [9.17, 15) is 4.79 Å². The maximum atomic E-state index is 12.3. The number of halogens is 1. The number of carbonyl (C=O) groups excluding carboxylic acids is 1. The number of hydrogen-bond donors (Lipinski definition) is 1. The number of benzene rings is 1. The SMILES string of the molecule is CC1CCCC(C)N1C(=O)NCCc1ccc(Cl)cc1. The number of rotatable bonds is 3.